The fourth-order valence-electron chi connectivity index (χ4n) is 4.55. The first-order valence-electron chi connectivity index (χ1n) is 13.1. The number of carbonyl (C=O) groups is 2. The Balaban J connectivity index is 1.78. The van der Waals surface area contributed by atoms with E-state index in [9.17, 15) is 20.0 Å². The van der Waals surface area contributed by atoms with Crippen LogP contribution in [0.25, 0.3) is 5.76 Å². The number of aliphatic hydroxyl groups is 1. The van der Waals surface area contributed by atoms with E-state index in [0.29, 0.717) is 40.5 Å². The van der Waals surface area contributed by atoms with Crippen LogP contribution < -0.4 is 14.4 Å². The van der Waals surface area contributed by atoms with Gasteiger partial charge in [0.05, 0.1) is 36.0 Å². The molecule has 1 aliphatic heterocycles. The zero-order valence-corrected chi connectivity index (χ0v) is 22.4. The minimum absolute atomic E-state index is 0.0253. The molecule has 0 saturated carbocycles. The van der Waals surface area contributed by atoms with Crippen LogP contribution in [0.3, 0.4) is 0 Å². The van der Waals surface area contributed by atoms with Crippen molar-refractivity contribution in [2.45, 2.75) is 52.2 Å². The van der Waals surface area contributed by atoms with E-state index in [-0.39, 0.29) is 17.4 Å². The van der Waals surface area contributed by atoms with Crippen LogP contribution in [0.15, 0.2) is 78.4 Å². The standard InChI is InChI=1S/C32H32N2O5/c1-4-5-6-18-38-26-16-12-23(13-17-26)30(35)28-29(24-8-7-9-27(19-24)39-21(2)3)34(32(37)31(28)36)25-14-10-22(20-33)11-15-25/h7-17,19,21,29,35H,4-6,18H2,1-3H3/b30-28-. The van der Waals surface area contributed by atoms with Gasteiger partial charge in [0, 0.05) is 11.3 Å². The molecule has 0 bridgehead atoms. The van der Waals surface area contributed by atoms with Crippen molar-refractivity contribution in [2.75, 3.05) is 11.5 Å². The molecule has 0 radical (unpaired) electrons. The number of hydrogen-bond donors (Lipinski definition) is 1. The van der Waals surface area contributed by atoms with Gasteiger partial charge in [-0.3, -0.25) is 14.5 Å². The summed E-state index contributed by atoms with van der Waals surface area (Å²) < 4.78 is 11.6. The number of amides is 1. The van der Waals surface area contributed by atoms with Crippen molar-refractivity contribution in [3.63, 3.8) is 0 Å². The summed E-state index contributed by atoms with van der Waals surface area (Å²) in [6.07, 6.45) is 3.06. The molecule has 4 rings (SSSR count). The zero-order valence-electron chi connectivity index (χ0n) is 22.4. The fraction of sp³-hybridized carbons (Fsp3) is 0.281. The molecule has 3 aromatic carbocycles. The highest BCUT2D eigenvalue weighted by atomic mass is 16.5. The predicted octanol–water partition coefficient (Wildman–Crippen LogP) is 6.54. The molecule has 1 saturated heterocycles. The maximum absolute atomic E-state index is 13.4. The van der Waals surface area contributed by atoms with Crippen molar-refractivity contribution in [3.05, 3.63) is 95.1 Å². The van der Waals surface area contributed by atoms with Gasteiger partial charge in [-0.05, 0) is 86.5 Å². The summed E-state index contributed by atoms with van der Waals surface area (Å²) in [5.74, 6) is -0.593. The lowest BCUT2D eigenvalue weighted by Crippen LogP contribution is -2.29. The summed E-state index contributed by atoms with van der Waals surface area (Å²) >= 11 is 0. The van der Waals surface area contributed by atoms with Crippen LogP contribution in [-0.2, 0) is 9.59 Å². The Hall–Kier alpha value is -4.57. The van der Waals surface area contributed by atoms with Gasteiger partial charge in [0.15, 0.2) is 0 Å². The van der Waals surface area contributed by atoms with Crippen molar-refractivity contribution in [3.8, 4) is 17.6 Å². The average molecular weight is 525 g/mol. The number of unbranched alkanes of at least 4 members (excludes halogenated alkanes) is 2. The molecular weight excluding hydrogens is 492 g/mol. The normalized spacial score (nSPS) is 16.4. The van der Waals surface area contributed by atoms with Gasteiger partial charge in [-0.1, -0.05) is 31.9 Å². The first-order valence-corrected chi connectivity index (χ1v) is 13.1. The third kappa shape index (κ3) is 6.12. The smallest absolute Gasteiger partial charge is 0.300 e. The third-order valence-electron chi connectivity index (χ3n) is 6.41. The maximum Gasteiger partial charge on any atom is 0.300 e. The molecule has 39 heavy (non-hydrogen) atoms. The molecule has 7 nitrogen and oxygen atoms in total. The number of ketones is 1. The highest BCUT2D eigenvalue weighted by Crippen LogP contribution is 2.43. The molecule has 1 amide bonds. The van der Waals surface area contributed by atoms with Gasteiger partial charge in [-0.15, -0.1) is 0 Å². The van der Waals surface area contributed by atoms with E-state index in [1.165, 1.54) is 4.90 Å². The van der Waals surface area contributed by atoms with E-state index in [2.05, 4.69) is 13.0 Å². The van der Waals surface area contributed by atoms with E-state index < -0.39 is 17.7 Å². The van der Waals surface area contributed by atoms with Crippen molar-refractivity contribution in [1.82, 2.24) is 0 Å². The van der Waals surface area contributed by atoms with E-state index in [1.54, 1.807) is 72.8 Å². The average Bonchev–Trinajstić information content (AvgIpc) is 3.21. The molecule has 0 spiro atoms. The lowest BCUT2D eigenvalue weighted by atomic mass is 9.95. The minimum Gasteiger partial charge on any atom is -0.507 e. The number of rotatable bonds is 10. The van der Waals surface area contributed by atoms with Crippen LogP contribution in [0.5, 0.6) is 11.5 Å². The molecule has 3 aromatic rings. The maximum atomic E-state index is 13.4. The Labute approximate surface area is 228 Å². The van der Waals surface area contributed by atoms with E-state index in [1.807, 2.05) is 13.8 Å². The minimum atomic E-state index is -0.904. The van der Waals surface area contributed by atoms with Crippen LogP contribution in [0.4, 0.5) is 5.69 Å². The second kappa shape index (κ2) is 12.3. The molecule has 1 atom stereocenters. The second-order valence-electron chi connectivity index (χ2n) is 9.65. The molecule has 0 aromatic heterocycles. The van der Waals surface area contributed by atoms with Gasteiger partial charge in [0.1, 0.15) is 17.3 Å². The Kier molecular flexibility index (Phi) is 8.67. The third-order valence-corrected chi connectivity index (χ3v) is 6.41. The Bertz CT molecular complexity index is 1400. The highest BCUT2D eigenvalue weighted by Gasteiger charge is 2.47. The summed E-state index contributed by atoms with van der Waals surface area (Å²) in [6, 6.07) is 21.6. The lowest BCUT2D eigenvalue weighted by molar-refractivity contribution is -0.132. The van der Waals surface area contributed by atoms with E-state index in [4.69, 9.17) is 9.47 Å². The molecule has 1 fully saturated rings. The van der Waals surface area contributed by atoms with Crippen molar-refractivity contribution in [1.29, 1.82) is 5.26 Å². The fourth-order valence-corrected chi connectivity index (χ4v) is 4.55. The summed E-state index contributed by atoms with van der Waals surface area (Å²) in [4.78, 5) is 28.2. The van der Waals surface area contributed by atoms with Crippen molar-refractivity contribution < 1.29 is 24.2 Å². The molecular formula is C32H32N2O5. The number of aliphatic hydroxyl groups excluding tert-OH is 1. The largest absolute Gasteiger partial charge is 0.507 e. The SMILES string of the molecule is CCCCCOc1ccc(/C(O)=C2/C(=O)C(=O)N(c3ccc(C#N)cc3)C2c2cccc(OC(C)C)c2)cc1. The van der Waals surface area contributed by atoms with Crippen LogP contribution in [0.1, 0.15) is 62.8 Å². The summed E-state index contributed by atoms with van der Waals surface area (Å²) in [6.45, 7) is 6.55. The molecule has 1 unspecified atom stereocenters. The van der Waals surface area contributed by atoms with Gasteiger partial charge in [0.2, 0.25) is 0 Å². The molecule has 0 aliphatic carbocycles. The van der Waals surface area contributed by atoms with Crippen LogP contribution in [0.2, 0.25) is 0 Å². The van der Waals surface area contributed by atoms with Gasteiger partial charge >= 0.3 is 0 Å². The number of benzene rings is 3. The molecule has 7 heteroatoms. The lowest BCUT2D eigenvalue weighted by Gasteiger charge is -2.26. The van der Waals surface area contributed by atoms with E-state index >= 15 is 0 Å². The monoisotopic (exact) mass is 524 g/mol. The second-order valence-corrected chi connectivity index (χ2v) is 9.65. The quantitative estimate of drug-likeness (QED) is 0.140. The molecule has 1 heterocycles. The number of nitrogens with zero attached hydrogens (tertiary/aromatic N) is 2. The first-order chi connectivity index (χ1) is 18.8. The number of anilines is 1. The van der Waals surface area contributed by atoms with Crippen molar-refractivity contribution in [2.24, 2.45) is 0 Å². The number of carbonyl (C=O) groups excluding carboxylic acids is 2. The Morgan fingerprint density at radius 3 is 2.36 bits per heavy atom. The first kappa shape index (κ1) is 27.5. The van der Waals surface area contributed by atoms with Crippen molar-refractivity contribution >= 4 is 23.1 Å². The summed E-state index contributed by atoms with van der Waals surface area (Å²) in [5.41, 5.74) is 1.84. The van der Waals surface area contributed by atoms with Gasteiger partial charge in [-0.2, -0.15) is 5.26 Å². The van der Waals surface area contributed by atoms with Gasteiger partial charge < -0.3 is 14.6 Å². The molecule has 1 aliphatic rings. The molecule has 200 valence electrons. The number of nitriles is 1. The topological polar surface area (TPSA) is 99.9 Å². The number of ether oxygens (including phenoxy) is 2. The Morgan fingerprint density at radius 2 is 1.72 bits per heavy atom. The van der Waals surface area contributed by atoms with Gasteiger partial charge in [0.25, 0.3) is 11.7 Å². The summed E-state index contributed by atoms with van der Waals surface area (Å²) in [7, 11) is 0. The van der Waals surface area contributed by atoms with Crippen LogP contribution in [-0.4, -0.2) is 29.5 Å². The summed E-state index contributed by atoms with van der Waals surface area (Å²) in [5, 5.41) is 20.6. The highest BCUT2D eigenvalue weighted by molar-refractivity contribution is 6.51. The van der Waals surface area contributed by atoms with Crippen LogP contribution >= 0.6 is 0 Å². The molecule has 1 N–H and O–H groups in total. The zero-order chi connectivity index (χ0) is 27.9. The van der Waals surface area contributed by atoms with Gasteiger partial charge in [-0.25, -0.2) is 0 Å². The van der Waals surface area contributed by atoms with E-state index in [0.717, 1.165) is 19.3 Å². The number of hydrogen-bond acceptors (Lipinski definition) is 6. The van der Waals surface area contributed by atoms with Crippen LogP contribution in [0, 0.1) is 11.3 Å². The number of Topliss-reactive ketones (excluding diaryl/α,β-unsaturated/α-hetero) is 1. The Morgan fingerprint density at radius 1 is 1.00 bits per heavy atom. The predicted molar refractivity (Wildman–Crippen MR) is 150 cm³/mol.